The summed E-state index contributed by atoms with van der Waals surface area (Å²) in [6.45, 7) is 2.29. The van der Waals surface area contributed by atoms with Crippen LogP contribution in [0.5, 0.6) is 0 Å². The summed E-state index contributed by atoms with van der Waals surface area (Å²) in [7, 11) is 2.05. The Hall–Kier alpha value is -1.60. The lowest BCUT2D eigenvalue weighted by molar-refractivity contribution is 0.482. The lowest BCUT2D eigenvalue weighted by Gasteiger charge is -2.32. The second-order valence-corrected chi connectivity index (χ2v) is 5.19. The van der Waals surface area contributed by atoms with Crippen LogP contribution in [0.1, 0.15) is 29.2 Å². The third kappa shape index (κ3) is 1.58. The number of fused-ring (bicyclic) bond motifs is 2. The van der Waals surface area contributed by atoms with Crippen molar-refractivity contribution in [3.8, 4) is 0 Å². The summed E-state index contributed by atoms with van der Waals surface area (Å²) in [4.78, 5) is 0. The Balaban J connectivity index is 2.29. The molecule has 0 spiro atoms. The van der Waals surface area contributed by atoms with E-state index in [1.54, 1.807) is 0 Å². The lowest BCUT2D eigenvalue weighted by Crippen LogP contribution is -2.38. The lowest BCUT2D eigenvalue weighted by atomic mass is 9.82. The maximum Gasteiger partial charge on any atom is 0.0664 e. The van der Waals surface area contributed by atoms with Crippen LogP contribution in [-0.2, 0) is 18.4 Å². The molecule has 0 unspecified atom stereocenters. The van der Waals surface area contributed by atoms with Crippen LogP contribution in [0.2, 0.25) is 0 Å². The molecule has 1 nitrogen and oxygen atoms in total. The molecule has 3 rings (SSSR count). The highest BCUT2D eigenvalue weighted by atomic mass is 14.9. The largest absolute Gasteiger partial charge is 0.307 e. The first-order valence-electron chi connectivity index (χ1n) is 6.61. The van der Waals surface area contributed by atoms with Crippen molar-refractivity contribution in [2.75, 3.05) is 7.05 Å². The molecule has 1 aliphatic carbocycles. The topological polar surface area (TPSA) is 12.0 Å². The molecule has 0 fully saturated rings. The fourth-order valence-corrected chi connectivity index (χ4v) is 3.14. The van der Waals surface area contributed by atoms with Crippen LogP contribution in [0.4, 0.5) is 0 Å². The highest BCUT2D eigenvalue weighted by molar-refractivity contribution is 5.48. The van der Waals surface area contributed by atoms with Gasteiger partial charge < -0.3 is 5.32 Å². The van der Waals surface area contributed by atoms with Crippen molar-refractivity contribution in [3.63, 3.8) is 0 Å². The normalized spacial score (nSPS) is 16.6. The first-order chi connectivity index (χ1) is 8.75. The SMILES string of the molecule is CNC1(C)c2ccccc2CCc2ccccc21. The summed E-state index contributed by atoms with van der Waals surface area (Å²) in [5.41, 5.74) is 5.68. The molecule has 2 aromatic rings. The molecule has 0 saturated heterocycles. The minimum Gasteiger partial charge on any atom is -0.307 e. The van der Waals surface area contributed by atoms with Crippen molar-refractivity contribution in [2.45, 2.75) is 25.3 Å². The van der Waals surface area contributed by atoms with Gasteiger partial charge in [-0.05, 0) is 49.1 Å². The second kappa shape index (κ2) is 4.25. The smallest absolute Gasteiger partial charge is 0.0664 e. The van der Waals surface area contributed by atoms with Crippen LogP contribution in [0.25, 0.3) is 0 Å². The van der Waals surface area contributed by atoms with Gasteiger partial charge in [-0.15, -0.1) is 0 Å². The van der Waals surface area contributed by atoms with E-state index in [2.05, 4.69) is 67.8 Å². The standard InChI is InChI=1S/C17H19N/c1-17(18-2)15-9-5-3-7-13(15)11-12-14-8-4-6-10-16(14)17/h3-10,18H,11-12H2,1-2H3. The molecule has 1 heteroatoms. The van der Waals surface area contributed by atoms with Crippen LogP contribution in [0.3, 0.4) is 0 Å². The Morgan fingerprint density at radius 2 is 1.28 bits per heavy atom. The molecule has 2 aromatic carbocycles. The van der Waals surface area contributed by atoms with Gasteiger partial charge in [0.1, 0.15) is 0 Å². The minimum absolute atomic E-state index is 0.0797. The zero-order valence-electron chi connectivity index (χ0n) is 11.0. The fourth-order valence-electron chi connectivity index (χ4n) is 3.14. The van der Waals surface area contributed by atoms with Gasteiger partial charge in [-0.3, -0.25) is 0 Å². The van der Waals surface area contributed by atoms with E-state index in [0.717, 1.165) is 12.8 Å². The molecule has 92 valence electrons. The molecule has 18 heavy (non-hydrogen) atoms. The zero-order chi connectivity index (χ0) is 12.6. The number of hydrogen-bond donors (Lipinski definition) is 1. The summed E-state index contributed by atoms with van der Waals surface area (Å²) in [5.74, 6) is 0. The van der Waals surface area contributed by atoms with Crippen molar-refractivity contribution in [1.29, 1.82) is 0 Å². The molecule has 1 aliphatic rings. The third-order valence-electron chi connectivity index (χ3n) is 4.28. The molecule has 0 saturated carbocycles. The van der Waals surface area contributed by atoms with Crippen LogP contribution in [0, 0.1) is 0 Å². The summed E-state index contributed by atoms with van der Waals surface area (Å²) >= 11 is 0. The Bertz CT molecular complexity index is 524. The van der Waals surface area contributed by atoms with Crippen molar-refractivity contribution in [3.05, 3.63) is 70.8 Å². The van der Waals surface area contributed by atoms with Crippen molar-refractivity contribution < 1.29 is 0 Å². The van der Waals surface area contributed by atoms with Crippen LogP contribution < -0.4 is 5.32 Å². The molecular formula is C17H19N. The third-order valence-corrected chi connectivity index (χ3v) is 4.28. The number of aryl methyl sites for hydroxylation is 2. The van der Waals surface area contributed by atoms with Gasteiger partial charge in [0.15, 0.2) is 0 Å². The number of hydrogen-bond acceptors (Lipinski definition) is 1. The minimum atomic E-state index is -0.0797. The van der Waals surface area contributed by atoms with E-state index in [4.69, 9.17) is 0 Å². The van der Waals surface area contributed by atoms with E-state index >= 15 is 0 Å². The van der Waals surface area contributed by atoms with Gasteiger partial charge in [0.2, 0.25) is 0 Å². The molecule has 0 radical (unpaired) electrons. The van der Waals surface area contributed by atoms with Gasteiger partial charge in [-0.1, -0.05) is 48.5 Å². The summed E-state index contributed by atoms with van der Waals surface area (Å²) < 4.78 is 0. The second-order valence-electron chi connectivity index (χ2n) is 5.19. The van der Waals surface area contributed by atoms with Crippen molar-refractivity contribution >= 4 is 0 Å². The van der Waals surface area contributed by atoms with Crippen molar-refractivity contribution in [1.82, 2.24) is 5.32 Å². The average molecular weight is 237 g/mol. The van der Waals surface area contributed by atoms with E-state index in [0.29, 0.717) is 0 Å². The molecule has 0 atom stereocenters. The Morgan fingerprint density at radius 1 is 0.833 bits per heavy atom. The summed E-state index contributed by atoms with van der Waals surface area (Å²) in [5, 5.41) is 3.53. The van der Waals surface area contributed by atoms with Crippen molar-refractivity contribution in [2.24, 2.45) is 0 Å². The monoisotopic (exact) mass is 237 g/mol. The highest BCUT2D eigenvalue weighted by Crippen LogP contribution is 2.36. The summed E-state index contributed by atoms with van der Waals surface area (Å²) in [6.07, 6.45) is 2.26. The number of rotatable bonds is 1. The molecule has 0 heterocycles. The van der Waals surface area contributed by atoms with Gasteiger partial charge in [-0.25, -0.2) is 0 Å². The Labute approximate surface area is 109 Å². The average Bonchev–Trinajstić information content (AvgIpc) is 2.56. The Kier molecular flexibility index (Phi) is 2.71. The van der Waals surface area contributed by atoms with Crippen LogP contribution in [-0.4, -0.2) is 7.05 Å². The maximum atomic E-state index is 3.53. The van der Waals surface area contributed by atoms with Gasteiger partial charge in [0.05, 0.1) is 5.54 Å². The van der Waals surface area contributed by atoms with E-state index in [1.807, 2.05) is 0 Å². The van der Waals surface area contributed by atoms with E-state index in [9.17, 15) is 0 Å². The quantitative estimate of drug-likeness (QED) is 0.802. The molecule has 0 aromatic heterocycles. The van der Waals surface area contributed by atoms with E-state index in [1.165, 1.54) is 22.3 Å². The maximum absolute atomic E-state index is 3.53. The van der Waals surface area contributed by atoms with Gasteiger partial charge in [-0.2, -0.15) is 0 Å². The Morgan fingerprint density at radius 3 is 1.72 bits per heavy atom. The van der Waals surface area contributed by atoms with E-state index in [-0.39, 0.29) is 5.54 Å². The van der Waals surface area contributed by atoms with Gasteiger partial charge in [0, 0.05) is 0 Å². The summed E-state index contributed by atoms with van der Waals surface area (Å²) in [6, 6.07) is 17.6. The molecule has 1 N–H and O–H groups in total. The number of benzene rings is 2. The highest BCUT2D eigenvalue weighted by Gasteiger charge is 2.32. The first-order valence-corrected chi connectivity index (χ1v) is 6.61. The predicted octanol–water partition coefficient (Wildman–Crippen LogP) is 3.27. The molecular weight excluding hydrogens is 218 g/mol. The van der Waals surface area contributed by atoms with Gasteiger partial charge >= 0.3 is 0 Å². The molecule has 0 bridgehead atoms. The van der Waals surface area contributed by atoms with Crippen LogP contribution in [0.15, 0.2) is 48.5 Å². The number of nitrogens with one attached hydrogen (secondary N) is 1. The first kappa shape index (κ1) is 11.5. The fraction of sp³-hybridized carbons (Fsp3) is 0.294. The van der Waals surface area contributed by atoms with Gasteiger partial charge in [0.25, 0.3) is 0 Å². The molecule has 0 aliphatic heterocycles. The van der Waals surface area contributed by atoms with E-state index < -0.39 is 0 Å². The van der Waals surface area contributed by atoms with Crippen LogP contribution >= 0.6 is 0 Å². The zero-order valence-corrected chi connectivity index (χ0v) is 11.0. The predicted molar refractivity (Wildman–Crippen MR) is 75.8 cm³/mol. The molecule has 0 amide bonds.